The summed E-state index contributed by atoms with van der Waals surface area (Å²) in [6.07, 6.45) is -3.17. The van der Waals surface area contributed by atoms with E-state index >= 15 is 0 Å². The number of H-pyrrole nitrogens is 1. The van der Waals surface area contributed by atoms with E-state index in [0.717, 1.165) is 0 Å². The van der Waals surface area contributed by atoms with Gasteiger partial charge in [-0.3, -0.25) is 9.78 Å². The molecule has 1 aliphatic rings. The number of anilines is 1. The molecule has 2 aromatic rings. The molecule has 0 aromatic carbocycles. The maximum atomic E-state index is 11.6. The molecule has 6 N–H and O–H groups in total. The summed E-state index contributed by atoms with van der Waals surface area (Å²) >= 11 is 0. The lowest BCUT2D eigenvalue weighted by molar-refractivity contribution is -0.0226. The Balaban J connectivity index is 2.09. The van der Waals surface area contributed by atoms with Crippen molar-refractivity contribution in [1.29, 1.82) is 0 Å². The van der Waals surface area contributed by atoms with Gasteiger partial charge in [-0.05, 0) is 0 Å². The third-order valence-electron chi connectivity index (χ3n) is 3.32. The number of nitrogens with two attached hydrogens (primary N) is 1. The summed E-state index contributed by atoms with van der Waals surface area (Å²) in [6.45, 7) is -0.444. The predicted molar refractivity (Wildman–Crippen MR) is 65.8 cm³/mol. The molecule has 108 valence electrons. The molecule has 3 rings (SSSR count). The molecule has 0 aliphatic carbocycles. The Morgan fingerprint density at radius 1 is 1.40 bits per heavy atom. The second-order valence-corrected chi connectivity index (χ2v) is 4.58. The van der Waals surface area contributed by atoms with E-state index < -0.39 is 36.6 Å². The van der Waals surface area contributed by atoms with Crippen LogP contribution >= 0.6 is 0 Å². The molecule has 9 heteroatoms. The molecule has 1 saturated heterocycles. The van der Waals surface area contributed by atoms with Crippen molar-refractivity contribution in [2.45, 2.75) is 24.4 Å². The fourth-order valence-electron chi connectivity index (χ4n) is 2.32. The van der Waals surface area contributed by atoms with Crippen LogP contribution < -0.4 is 11.3 Å². The lowest BCUT2D eigenvalue weighted by atomic mass is 10.0. The van der Waals surface area contributed by atoms with Gasteiger partial charge in [-0.25, -0.2) is 4.98 Å². The van der Waals surface area contributed by atoms with Crippen molar-refractivity contribution in [2.75, 3.05) is 12.3 Å². The molecule has 3 heterocycles. The van der Waals surface area contributed by atoms with Gasteiger partial charge in [-0.2, -0.15) is 0 Å². The van der Waals surface area contributed by atoms with Crippen molar-refractivity contribution >= 4 is 17.0 Å². The number of nitrogens with one attached hydrogen (secondary N) is 1. The van der Waals surface area contributed by atoms with Crippen molar-refractivity contribution in [2.24, 2.45) is 0 Å². The summed E-state index contributed by atoms with van der Waals surface area (Å²) in [4.78, 5) is 17.9. The molecule has 4 atom stereocenters. The molecule has 0 spiro atoms. The van der Waals surface area contributed by atoms with Crippen LogP contribution in [0.2, 0.25) is 0 Å². The number of hydrogen-bond donors (Lipinski definition) is 5. The van der Waals surface area contributed by atoms with Gasteiger partial charge in [0, 0.05) is 5.56 Å². The zero-order valence-electron chi connectivity index (χ0n) is 10.2. The zero-order valence-corrected chi connectivity index (χ0v) is 10.2. The van der Waals surface area contributed by atoms with Gasteiger partial charge in [0.1, 0.15) is 29.9 Å². The van der Waals surface area contributed by atoms with Gasteiger partial charge in [0.2, 0.25) is 11.5 Å². The highest BCUT2D eigenvalue weighted by Gasteiger charge is 2.44. The first-order valence-corrected chi connectivity index (χ1v) is 5.92. The number of aliphatic hydroxyl groups excluding tert-OH is 3. The maximum absolute atomic E-state index is 11.6. The molecular weight excluding hydrogens is 270 g/mol. The van der Waals surface area contributed by atoms with E-state index in [1.807, 2.05) is 0 Å². The summed E-state index contributed by atoms with van der Waals surface area (Å²) in [7, 11) is 0. The van der Waals surface area contributed by atoms with Gasteiger partial charge >= 0.3 is 0 Å². The van der Waals surface area contributed by atoms with E-state index in [9.17, 15) is 15.0 Å². The SMILES string of the molecule is Nc1nc2c([C@@H]3O[C@H](CO)[C@@H](O)[C@H]3O)coc2c(=O)[nH]1. The van der Waals surface area contributed by atoms with Crippen LogP contribution in [0.1, 0.15) is 11.7 Å². The minimum atomic E-state index is -1.27. The van der Waals surface area contributed by atoms with Gasteiger partial charge in [0.15, 0.2) is 0 Å². The number of nitrogen functional groups attached to an aromatic ring is 1. The smallest absolute Gasteiger partial charge is 0.295 e. The van der Waals surface area contributed by atoms with E-state index in [1.54, 1.807) is 0 Å². The Bertz CT molecular complexity index is 695. The first kappa shape index (κ1) is 13.1. The second-order valence-electron chi connectivity index (χ2n) is 4.58. The number of aromatic nitrogens is 2. The van der Waals surface area contributed by atoms with Gasteiger partial charge < -0.3 is 30.2 Å². The average molecular weight is 283 g/mol. The van der Waals surface area contributed by atoms with E-state index in [0.29, 0.717) is 5.56 Å². The molecule has 2 aromatic heterocycles. The summed E-state index contributed by atoms with van der Waals surface area (Å²) in [5.41, 5.74) is 5.31. The lowest BCUT2D eigenvalue weighted by Gasteiger charge is -2.12. The van der Waals surface area contributed by atoms with Crippen molar-refractivity contribution in [3.05, 3.63) is 22.2 Å². The quantitative estimate of drug-likeness (QED) is 0.434. The minimum absolute atomic E-state index is 0.0491. The van der Waals surface area contributed by atoms with Crippen molar-refractivity contribution in [1.82, 2.24) is 9.97 Å². The number of rotatable bonds is 2. The maximum Gasteiger partial charge on any atom is 0.295 e. The van der Waals surface area contributed by atoms with Crippen LogP contribution in [-0.2, 0) is 4.74 Å². The highest BCUT2D eigenvalue weighted by molar-refractivity contribution is 5.77. The Morgan fingerprint density at radius 3 is 2.80 bits per heavy atom. The summed E-state index contributed by atoms with van der Waals surface area (Å²) in [5.74, 6) is -0.100. The Kier molecular flexibility index (Phi) is 2.98. The monoisotopic (exact) mass is 283 g/mol. The Hall–Kier alpha value is -1.94. The number of hydrogen-bond acceptors (Lipinski definition) is 8. The van der Waals surface area contributed by atoms with Crippen molar-refractivity contribution < 1.29 is 24.5 Å². The van der Waals surface area contributed by atoms with Crippen molar-refractivity contribution in [3.8, 4) is 0 Å². The fraction of sp³-hybridized carbons (Fsp3) is 0.455. The third kappa shape index (κ3) is 1.79. The number of fused-ring (bicyclic) bond motifs is 1. The summed E-state index contributed by atoms with van der Waals surface area (Å²) < 4.78 is 10.5. The zero-order chi connectivity index (χ0) is 14.4. The van der Waals surface area contributed by atoms with E-state index in [-0.39, 0.29) is 17.0 Å². The molecule has 1 fully saturated rings. The van der Waals surface area contributed by atoms with Gasteiger partial charge in [0.05, 0.1) is 12.9 Å². The van der Waals surface area contributed by atoms with Crippen LogP contribution in [0.5, 0.6) is 0 Å². The molecule has 1 aliphatic heterocycles. The van der Waals surface area contributed by atoms with Gasteiger partial charge in [-0.1, -0.05) is 0 Å². The van der Waals surface area contributed by atoms with Crippen molar-refractivity contribution in [3.63, 3.8) is 0 Å². The molecular formula is C11H13N3O6. The number of aliphatic hydroxyl groups is 3. The average Bonchev–Trinajstić information content (AvgIpc) is 2.93. The molecule has 0 radical (unpaired) electrons. The summed E-state index contributed by atoms with van der Waals surface area (Å²) in [6, 6.07) is 0. The van der Waals surface area contributed by atoms with E-state index in [2.05, 4.69) is 9.97 Å². The minimum Gasteiger partial charge on any atom is -0.456 e. The van der Waals surface area contributed by atoms with Gasteiger partial charge in [-0.15, -0.1) is 0 Å². The number of furan rings is 1. The van der Waals surface area contributed by atoms with Crippen LogP contribution in [0.4, 0.5) is 5.95 Å². The number of ether oxygens (including phenoxy) is 1. The third-order valence-corrected chi connectivity index (χ3v) is 3.32. The van der Waals surface area contributed by atoms with E-state index in [1.165, 1.54) is 6.26 Å². The first-order chi connectivity index (χ1) is 9.52. The molecule has 0 bridgehead atoms. The topological polar surface area (TPSA) is 155 Å². The van der Waals surface area contributed by atoms with E-state index in [4.69, 9.17) is 20.0 Å². The fourth-order valence-corrected chi connectivity index (χ4v) is 2.32. The normalized spacial score (nSPS) is 30.1. The van der Waals surface area contributed by atoms with Crippen LogP contribution in [0.15, 0.2) is 15.5 Å². The van der Waals surface area contributed by atoms with Crippen LogP contribution in [-0.4, -0.2) is 50.2 Å². The van der Waals surface area contributed by atoms with Crippen LogP contribution in [0.25, 0.3) is 11.1 Å². The highest BCUT2D eigenvalue weighted by Crippen LogP contribution is 2.36. The molecule has 20 heavy (non-hydrogen) atoms. The van der Waals surface area contributed by atoms with Crippen LogP contribution in [0, 0.1) is 0 Å². The largest absolute Gasteiger partial charge is 0.456 e. The number of nitrogens with zero attached hydrogens (tertiary/aromatic N) is 1. The molecule has 0 amide bonds. The van der Waals surface area contributed by atoms with Gasteiger partial charge in [0.25, 0.3) is 5.56 Å². The Morgan fingerprint density at radius 2 is 2.15 bits per heavy atom. The standard InChI is InChI=1S/C11H13N3O6/c12-11-13-5-3(2-19-9(5)10(18)14-11)8-7(17)6(16)4(1-15)20-8/h2,4,6-8,15-17H,1H2,(H3,12,13,14,18)/t4-,6-,7-,8+/m1/s1. The molecule has 0 unspecified atom stereocenters. The molecule has 9 nitrogen and oxygen atoms in total. The lowest BCUT2D eigenvalue weighted by Crippen LogP contribution is -2.32. The summed E-state index contributed by atoms with van der Waals surface area (Å²) in [5, 5.41) is 28.7. The Labute approximate surface area is 111 Å². The predicted octanol–water partition coefficient (Wildman–Crippen LogP) is -1.75. The number of aromatic amines is 1. The highest BCUT2D eigenvalue weighted by atomic mass is 16.6. The first-order valence-electron chi connectivity index (χ1n) is 5.92. The second kappa shape index (κ2) is 4.56. The molecule has 0 saturated carbocycles. The van der Waals surface area contributed by atoms with Crippen LogP contribution in [0.3, 0.4) is 0 Å².